The minimum absolute atomic E-state index is 0.0358. The molecule has 5 nitrogen and oxygen atoms in total. The zero-order valence-corrected chi connectivity index (χ0v) is 13.6. The minimum atomic E-state index is -4.11. The lowest BCUT2D eigenvalue weighted by Gasteiger charge is -2.22. The van der Waals surface area contributed by atoms with Crippen molar-refractivity contribution in [2.75, 3.05) is 13.7 Å². The fourth-order valence-electron chi connectivity index (χ4n) is 1.73. The molecule has 21 heavy (non-hydrogen) atoms. The van der Waals surface area contributed by atoms with Gasteiger partial charge in [0, 0.05) is 23.7 Å². The summed E-state index contributed by atoms with van der Waals surface area (Å²) < 4.78 is 46.1. The van der Waals surface area contributed by atoms with Crippen LogP contribution in [-0.4, -0.2) is 33.3 Å². The fourth-order valence-corrected chi connectivity index (χ4v) is 3.55. The number of benzene rings is 1. The Bertz CT molecular complexity index is 592. The van der Waals surface area contributed by atoms with Crippen molar-refractivity contribution in [1.29, 1.82) is 0 Å². The highest BCUT2D eigenvalue weighted by molar-refractivity contribution is 7.89. The predicted molar refractivity (Wildman–Crippen MR) is 78.2 cm³/mol. The molecule has 1 atom stereocenters. The van der Waals surface area contributed by atoms with Gasteiger partial charge in [0.25, 0.3) is 0 Å². The van der Waals surface area contributed by atoms with Gasteiger partial charge in [0.15, 0.2) is 0 Å². The van der Waals surface area contributed by atoms with Crippen LogP contribution in [0.25, 0.3) is 0 Å². The third kappa shape index (κ3) is 4.62. The number of hydrogen-bond acceptors (Lipinski definition) is 4. The average Bonchev–Trinajstić information content (AvgIpc) is 2.40. The Hall–Kier alpha value is -0.730. The molecule has 0 radical (unpaired) electrons. The predicted octanol–water partition coefficient (Wildman–Crippen LogP) is 1.92. The molecule has 0 fully saturated rings. The molecular weight excluding hydrogens is 321 g/mol. The molecule has 120 valence electrons. The number of halogens is 2. The van der Waals surface area contributed by atoms with Gasteiger partial charge in [-0.3, -0.25) is 0 Å². The van der Waals surface area contributed by atoms with Gasteiger partial charge in [-0.2, -0.15) is 0 Å². The van der Waals surface area contributed by atoms with E-state index in [-0.39, 0.29) is 23.1 Å². The Labute approximate surface area is 129 Å². The molecule has 0 spiro atoms. The monoisotopic (exact) mass is 339 g/mol. The number of sulfonamides is 1. The first-order chi connectivity index (χ1) is 9.72. The molecule has 0 bridgehead atoms. The van der Waals surface area contributed by atoms with Crippen molar-refractivity contribution in [3.63, 3.8) is 0 Å². The molecule has 0 aliphatic carbocycles. The summed E-state index contributed by atoms with van der Waals surface area (Å²) in [5.41, 5.74) is -0.171. The second-order valence-corrected chi connectivity index (χ2v) is 7.08. The van der Waals surface area contributed by atoms with Crippen molar-refractivity contribution >= 4 is 21.6 Å². The van der Waals surface area contributed by atoms with Crippen molar-refractivity contribution in [2.45, 2.75) is 31.4 Å². The van der Waals surface area contributed by atoms with Gasteiger partial charge in [-0.25, -0.2) is 17.5 Å². The van der Waals surface area contributed by atoms with Crippen LogP contribution in [0.2, 0.25) is 5.02 Å². The summed E-state index contributed by atoms with van der Waals surface area (Å²) in [6, 6.07) is 1.70. The Morgan fingerprint density at radius 1 is 1.43 bits per heavy atom. The van der Waals surface area contributed by atoms with E-state index in [0.717, 1.165) is 6.07 Å². The third-order valence-electron chi connectivity index (χ3n) is 3.00. The summed E-state index contributed by atoms with van der Waals surface area (Å²) in [7, 11) is -2.66. The summed E-state index contributed by atoms with van der Waals surface area (Å²) in [5, 5.41) is 9.09. The summed E-state index contributed by atoms with van der Waals surface area (Å²) >= 11 is 5.77. The molecule has 1 aromatic carbocycles. The van der Waals surface area contributed by atoms with Crippen LogP contribution in [-0.2, 0) is 21.4 Å². The molecule has 0 aromatic heterocycles. The molecule has 0 aliphatic rings. The maximum atomic E-state index is 14.1. The van der Waals surface area contributed by atoms with Crippen LogP contribution in [0.3, 0.4) is 0 Å². The lowest BCUT2D eigenvalue weighted by Crippen LogP contribution is -2.41. The summed E-state index contributed by atoms with van der Waals surface area (Å²) in [5.74, 6) is -1.05. The van der Waals surface area contributed by atoms with E-state index >= 15 is 0 Å². The van der Waals surface area contributed by atoms with E-state index in [1.807, 2.05) is 13.8 Å². The zero-order valence-electron chi connectivity index (χ0n) is 12.1. The number of rotatable bonds is 7. The van der Waals surface area contributed by atoms with Gasteiger partial charge in [0.2, 0.25) is 10.0 Å². The van der Waals surface area contributed by atoms with Crippen LogP contribution in [0, 0.1) is 11.7 Å². The topological polar surface area (TPSA) is 75.6 Å². The number of nitrogens with one attached hydrogen (secondary N) is 1. The van der Waals surface area contributed by atoms with Crippen molar-refractivity contribution in [3.8, 4) is 0 Å². The maximum absolute atomic E-state index is 14.1. The molecule has 0 saturated carbocycles. The summed E-state index contributed by atoms with van der Waals surface area (Å²) in [6.07, 6.45) is 0. The minimum Gasteiger partial charge on any atom is -0.392 e. The number of aliphatic hydroxyl groups excluding tert-OH is 1. The van der Waals surface area contributed by atoms with E-state index in [2.05, 4.69) is 4.72 Å². The lowest BCUT2D eigenvalue weighted by atomic mass is 10.1. The maximum Gasteiger partial charge on any atom is 0.243 e. The average molecular weight is 340 g/mol. The fraction of sp³-hybridized carbons (Fsp3) is 0.538. The smallest absolute Gasteiger partial charge is 0.243 e. The van der Waals surface area contributed by atoms with Gasteiger partial charge in [-0.15, -0.1) is 0 Å². The van der Waals surface area contributed by atoms with Crippen molar-refractivity contribution in [3.05, 3.63) is 28.5 Å². The van der Waals surface area contributed by atoms with Crippen molar-refractivity contribution in [2.24, 2.45) is 5.92 Å². The van der Waals surface area contributed by atoms with Crippen LogP contribution in [0.4, 0.5) is 4.39 Å². The van der Waals surface area contributed by atoms with Gasteiger partial charge in [-0.05, 0) is 18.1 Å². The molecule has 8 heteroatoms. The molecular formula is C13H19ClFNO4S. The molecule has 1 rings (SSSR count). The Morgan fingerprint density at radius 3 is 2.52 bits per heavy atom. The first-order valence-corrected chi connectivity index (χ1v) is 8.19. The molecule has 0 aliphatic heterocycles. The largest absolute Gasteiger partial charge is 0.392 e. The highest BCUT2D eigenvalue weighted by Gasteiger charge is 2.26. The Balaban J connectivity index is 3.21. The SMILES string of the molecule is COCC(NS(=O)(=O)c1cc(Cl)cc(CO)c1F)C(C)C. The first-order valence-electron chi connectivity index (χ1n) is 6.33. The number of aliphatic hydroxyl groups is 1. The van der Waals surface area contributed by atoms with E-state index in [9.17, 15) is 12.8 Å². The molecule has 0 saturated heterocycles. The molecule has 1 unspecified atom stereocenters. The normalized spacial score (nSPS) is 13.7. The van der Waals surface area contributed by atoms with E-state index in [0.29, 0.717) is 0 Å². The van der Waals surface area contributed by atoms with Gasteiger partial charge in [0.05, 0.1) is 13.2 Å². The summed E-state index contributed by atoms with van der Waals surface area (Å²) in [4.78, 5) is -0.583. The van der Waals surface area contributed by atoms with Crippen molar-refractivity contribution in [1.82, 2.24) is 4.72 Å². The summed E-state index contributed by atoms with van der Waals surface area (Å²) in [6.45, 7) is 3.16. The highest BCUT2D eigenvalue weighted by atomic mass is 35.5. The van der Waals surface area contributed by atoms with Gasteiger partial charge in [-0.1, -0.05) is 25.4 Å². The number of ether oxygens (including phenoxy) is 1. The van der Waals surface area contributed by atoms with E-state index in [1.165, 1.54) is 13.2 Å². The quantitative estimate of drug-likeness (QED) is 0.795. The highest BCUT2D eigenvalue weighted by Crippen LogP contribution is 2.24. The van der Waals surface area contributed by atoms with Crippen molar-refractivity contribution < 1.29 is 22.7 Å². The van der Waals surface area contributed by atoms with Crippen LogP contribution in [0.5, 0.6) is 0 Å². The van der Waals surface area contributed by atoms with Gasteiger partial charge >= 0.3 is 0 Å². The van der Waals surface area contributed by atoms with E-state index < -0.39 is 33.4 Å². The Morgan fingerprint density at radius 2 is 2.05 bits per heavy atom. The zero-order chi connectivity index (χ0) is 16.2. The van der Waals surface area contributed by atoms with Gasteiger partial charge < -0.3 is 9.84 Å². The van der Waals surface area contributed by atoms with Crippen LogP contribution in [0.1, 0.15) is 19.4 Å². The Kier molecular flexibility index (Phi) is 6.55. The van der Waals surface area contributed by atoms with Crippen LogP contribution >= 0.6 is 11.6 Å². The van der Waals surface area contributed by atoms with E-state index in [1.54, 1.807) is 0 Å². The lowest BCUT2D eigenvalue weighted by molar-refractivity contribution is 0.157. The first kappa shape index (κ1) is 18.3. The molecule has 0 heterocycles. The molecule has 0 amide bonds. The second kappa shape index (κ2) is 7.51. The van der Waals surface area contributed by atoms with E-state index in [4.69, 9.17) is 21.4 Å². The number of methoxy groups -OCH3 is 1. The molecule has 2 N–H and O–H groups in total. The standard InChI is InChI=1S/C13H19ClFNO4S/c1-8(2)11(7-20-3)16-21(18,19)12-5-10(14)4-9(6-17)13(12)15/h4-5,8,11,16-17H,6-7H2,1-3H3. The van der Waals surface area contributed by atoms with Gasteiger partial charge in [0.1, 0.15) is 10.7 Å². The third-order valence-corrected chi connectivity index (χ3v) is 4.70. The number of hydrogen-bond donors (Lipinski definition) is 2. The van der Waals surface area contributed by atoms with Crippen LogP contribution < -0.4 is 4.72 Å². The van der Waals surface area contributed by atoms with Crippen LogP contribution in [0.15, 0.2) is 17.0 Å². The second-order valence-electron chi connectivity index (χ2n) is 4.96. The molecule has 1 aromatic rings.